The molecule has 1 amide bonds. The summed E-state index contributed by atoms with van der Waals surface area (Å²) in [5.41, 5.74) is 3.62. The lowest BCUT2D eigenvalue weighted by Crippen LogP contribution is -2.38. The molecule has 1 aliphatic rings. The third-order valence-electron chi connectivity index (χ3n) is 3.71. The number of amides is 1. The Morgan fingerprint density at radius 2 is 2.11 bits per heavy atom. The number of carbonyl (C=O) groups is 1. The largest absolute Gasteiger partial charge is 0.352 e. The molecule has 1 aromatic rings. The summed E-state index contributed by atoms with van der Waals surface area (Å²) in [4.78, 5) is 12.4. The smallest absolute Gasteiger partial charge is 0.224 e. The standard InChI is InChI=1S/C15H20BrNO/c1-10-6-7-12(8-11(10)2)9-15(18)17-14-5-3-4-13(14)16/h6-8,13-14H,3-5,9H2,1-2H3,(H,17,18). The zero-order valence-electron chi connectivity index (χ0n) is 11.0. The summed E-state index contributed by atoms with van der Waals surface area (Å²) in [6, 6.07) is 6.54. The molecule has 0 saturated heterocycles. The molecule has 0 radical (unpaired) electrons. The molecule has 2 nitrogen and oxygen atoms in total. The van der Waals surface area contributed by atoms with Crippen LogP contribution in [0.5, 0.6) is 0 Å². The number of aryl methyl sites for hydroxylation is 2. The van der Waals surface area contributed by atoms with Crippen LogP contribution >= 0.6 is 15.9 Å². The molecule has 1 aromatic carbocycles. The maximum atomic E-state index is 12.0. The quantitative estimate of drug-likeness (QED) is 0.853. The first-order valence-corrected chi connectivity index (χ1v) is 7.47. The van der Waals surface area contributed by atoms with Gasteiger partial charge in [0.25, 0.3) is 0 Å². The number of benzene rings is 1. The van der Waals surface area contributed by atoms with Crippen LogP contribution in [-0.2, 0) is 11.2 Å². The molecule has 18 heavy (non-hydrogen) atoms. The first-order valence-electron chi connectivity index (χ1n) is 6.56. The fourth-order valence-electron chi connectivity index (χ4n) is 2.43. The van der Waals surface area contributed by atoms with Crippen molar-refractivity contribution in [3.05, 3.63) is 34.9 Å². The van der Waals surface area contributed by atoms with Crippen LogP contribution in [0.15, 0.2) is 18.2 Å². The zero-order valence-corrected chi connectivity index (χ0v) is 12.6. The second-order valence-corrected chi connectivity index (χ2v) is 6.39. The third-order valence-corrected chi connectivity index (χ3v) is 4.81. The summed E-state index contributed by atoms with van der Waals surface area (Å²) in [5.74, 6) is 0.134. The van der Waals surface area contributed by atoms with Crippen molar-refractivity contribution in [2.75, 3.05) is 0 Å². The van der Waals surface area contributed by atoms with Gasteiger partial charge in [-0.25, -0.2) is 0 Å². The van der Waals surface area contributed by atoms with E-state index in [-0.39, 0.29) is 5.91 Å². The van der Waals surface area contributed by atoms with Crippen LogP contribution in [0, 0.1) is 13.8 Å². The van der Waals surface area contributed by atoms with Gasteiger partial charge >= 0.3 is 0 Å². The monoisotopic (exact) mass is 309 g/mol. The Kier molecular flexibility index (Phi) is 4.44. The molecular weight excluding hydrogens is 290 g/mol. The van der Waals surface area contributed by atoms with Crippen LogP contribution in [0.2, 0.25) is 0 Å². The molecule has 2 unspecified atom stereocenters. The summed E-state index contributed by atoms with van der Waals surface area (Å²) in [6.45, 7) is 4.18. The molecule has 1 saturated carbocycles. The molecule has 2 rings (SSSR count). The normalized spacial score (nSPS) is 23.1. The van der Waals surface area contributed by atoms with Gasteiger partial charge < -0.3 is 5.32 Å². The highest BCUT2D eigenvalue weighted by Gasteiger charge is 2.25. The summed E-state index contributed by atoms with van der Waals surface area (Å²) in [7, 11) is 0. The lowest BCUT2D eigenvalue weighted by molar-refractivity contribution is -0.121. The summed E-state index contributed by atoms with van der Waals surface area (Å²) in [6.07, 6.45) is 3.94. The molecule has 0 spiro atoms. The van der Waals surface area contributed by atoms with Gasteiger partial charge in [-0.1, -0.05) is 40.5 Å². The first-order chi connectivity index (χ1) is 8.56. The van der Waals surface area contributed by atoms with Gasteiger partial charge in [0.2, 0.25) is 5.91 Å². The fraction of sp³-hybridized carbons (Fsp3) is 0.533. The molecular formula is C15H20BrNO. The van der Waals surface area contributed by atoms with Crippen molar-refractivity contribution in [2.24, 2.45) is 0 Å². The SMILES string of the molecule is Cc1ccc(CC(=O)NC2CCCC2Br)cc1C. The summed E-state index contributed by atoms with van der Waals surface area (Å²) < 4.78 is 0. The Morgan fingerprint density at radius 1 is 1.33 bits per heavy atom. The molecule has 0 aliphatic heterocycles. The van der Waals surface area contributed by atoms with Crippen molar-refractivity contribution in [1.82, 2.24) is 5.32 Å². The van der Waals surface area contributed by atoms with Crippen LogP contribution in [0.4, 0.5) is 0 Å². The van der Waals surface area contributed by atoms with Crippen LogP contribution in [0.25, 0.3) is 0 Å². The molecule has 0 heterocycles. The Morgan fingerprint density at radius 3 is 2.72 bits per heavy atom. The third kappa shape index (κ3) is 3.35. The Bertz CT molecular complexity index is 444. The Balaban J connectivity index is 1.92. The predicted octanol–water partition coefficient (Wildman–Crippen LogP) is 3.28. The van der Waals surface area contributed by atoms with E-state index in [1.807, 2.05) is 6.07 Å². The maximum absolute atomic E-state index is 12.0. The van der Waals surface area contributed by atoms with Gasteiger partial charge in [0.1, 0.15) is 0 Å². The molecule has 98 valence electrons. The van der Waals surface area contributed by atoms with E-state index in [4.69, 9.17) is 0 Å². The Labute approximate surface area is 117 Å². The molecule has 0 aromatic heterocycles. The van der Waals surface area contributed by atoms with Crippen LogP contribution in [0.1, 0.15) is 36.0 Å². The highest BCUT2D eigenvalue weighted by atomic mass is 79.9. The second-order valence-electron chi connectivity index (χ2n) is 5.22. The number of alkyl halides is 1. The topological polar surface area (TPSA) is 29.1 Å². The van der Waals surface area contributed by atoms with Crippen molar-refractivity contribution < 1.29 is 4.79 Å². The second kappa shape index (κ2) is 5.87. The van der Waals surface area contributed by atoms with Gasteiger partial charge in [0, 0.05) is 10.9 Å². The average Bonchev–Trinajstić information content (AvgIpc) is 2.70. The van der Waals surface area contributed by atoms with E-state index in [1.165, 1.54) is 17.5 Å². The van der Waals surface area contributed by atoms with Gasteiger partial charge in [-0.05, 0) is 43.4 Å². The van der Waals surface area contributed by atoms with Gasteiger partial charge in [0.05, 0.1) is 6.42 Å². The van der Waals surface area contributed by atoms with Crippen LogP contribution < -0.4 is 5.32 Å². The lowest BCUT2D eigenvalue weighted by atomic mass is 10.0. The minimum absolute atomic E-state index is 0.134. The summed E-state index contributed by atoms with van der Waals surface area (Å²) >= 11 is 3.63. The lowest BCUT2D eigenvalue weighted by Gasteiger charge is -2.16. The first kappa shape index (κ1) is 13.6. The van der Waals surface area contributed by atoms with Gasteiger partial charge in [-0.15, -0.1) is 0 Å². The van der Waals surface area contributed by atoms with Crippen molar-refractivity contribution in [1.29, 1.82) is 0 Å². The number of halogens is 1. The van der Waals surface area contributed by atoms with Crippen molar-refractivity contribution in [2.45, 2.75) is 50.4 Å². The number of nitrogens with one attached hydrogen (secondary N) is 1. The molecule has 1 N–H and O–H groups in total. The highest BCUT2D eigenvalue weighted by Crippen LogP contribution is 2.25. The maximum Gasteiger partial charge on any atom is 0.224 e. The molecule has 1 fully saturated rings. The number of hydrogen-bond donors (Lipinski definition) is 1. The number of hydrogen-bond acceptors (Lipinski definition) is 1. The van der Waals surface area contributed by atoms with Gasteiger partial charge in [0.15, 0.2) is 0 Å². The molecule has 0 bridgehead atoms. The van der Waals surface area contributed by atoms with Crippen molar-refractivity contribution >= 4 is 21.8 Å². The predicted molar refractivity (Wildman–Crippen MR) is 78.1 cm³/mol. The number of rotatable bonds is 3. The highest BCUT2D eigenvalue weighted by molar-refractivity contribution is 9.09. The van der Waals surface area contributed by atoms with Crippen LogP contribution in [-0.4, -0.2) is 16.8 Å². The minimum atomic E-state index is 0.134. The molecule has 1 aliphatic carbocycles. The summed E-state index contributed by atoms with van der Waals surface area (Å²) in [5, 5.41) is 3.13. The van der Waals surface area contributed by atoms with Crippen molar-refractivity contribution in [3.8, 4) is 0 Å². The average molecular weight is 310 g/mol. The van der Waals surface area contributed by atoms with E-state index in [1.54, 1.807) is 0 Å². The van der Waals surface area contributed by atoms with E-state index >= 15 is 0 Å². The molecule has 2 atom stereocenters. The van der Waals surface area contributed by atoms with E-state index in [2.05, 4.69) is 47.2 Å². The van der Waals surface area contributed by atoms with Gasteiger partial charge in [-0.2, -0.15) is 0 Å². The minimum Gasteiger partial charge on any atom is -0.352 e. The van der Waals surface area contributed by atoms with Crippen LogP contribution in [0.3, 0.4) is 0 Å². The fourth-order valence-corrected chi connectivity index (χ4v) is 3.15. The van der Waals surface area contributed by atoms with E-state index < -0.39 is 0 Å². The number of carbonyl (C=O) groups excluding carboxylic acids is 1. The van der Waals surface area contributed by atoms with Crippen molar-refractivity contribution in [3.63, 3.8) is 0 Å². The van der Waals surface area contributed by atoms with E-state index in [0.717, 1.165) is 18.4 Å². The zero-order chi connectivity index (χ0) is 13.1. The van der Waals surface area contributed by atoms with E-state index in [9.17, 15) is 4.79 Å². The van der Waals surface area contributed by atoms with Gasteiger partial charge in [-0.3, -0.25) is 4.79 Å². The Hall–Kier alpha value is -0.830. The molecule has 3 heteroatoms. The van der Waals surface area contributed by atoms with E-state index in [0.29, 0.717) is 17.3 Å².